The van der Waals surface area contributed by atoms with Gasteiger partial charge in [-0.2, -0.15) is 0 Å². The number of benzene rings is 3. The Bertz CT molecular complexity index is 801. The first-order valence-electron chi connectivity index (χ1n) is 8.13. The van der Waals surface area contributed by atoms with E-state index in [-0.39, 0.29) is 22.1 Å². The van der Waals surface area contributed by atoms with Crippen LogP contribution in [0.1, 0.15) is 26.3 Å². The van der Waals surface area contributed by atoms with Crippen LogP contribution in [0.4, 0.5) is 0 Å². The van der Waals surface area contributed by atoms with E-state index in [1.165, 1.54) is 15.4 Å². The molecule has 0 fully saturated rings. The SMILES string of the molecule is CC(C)(C)c1ccc([S+](c2ccccc2)c2ccccc2[O-])cc1. The third kappa shape index (κ3) is 3.49. The molecule has 2 heteroatoms. The molecule has 0 aromatic heterocycles. The molecule has 3 rings (SSSR count). The molecule has 1 atom stereocenters. The topological polar surface area (TPSA) is 23.1 Å². The van der Waals surface area contributed by atoms with E-state index >= 15 is 0 Å². The minimum Gasteiger partial charge on any atom is -0.869 e. The first kappa shape index (κ1) is 16.7. The van der Waals surface area contributed by atoms with Gasteiger partial charge in [0.1, 0.15) is 0 Å². The van der Waals surface area contributed by atoms with Crippen molar-refractivity contribution in [1.82, 2.24) is 0 Å². The summed E-state index contributed by atoms with van der Waals surface area (Å²) in [4.78, 5) is 3.20. The fraction of sp³-hybridized carbons (Fsp3) is 0.182. The molecule has 0 saturated heterocycles. The highest BCUT2D eigenvalue weighted by Gasteiger charge is 2.29. The van der Waals surface area contributed by atoms with Crippen LogP contribution in [-0.4, -0.2) is 0 Å². The third-order valence-corrected chi connectivity index (χ3v) is 6.27. The molecule has 24 heavy (non-hydrogen) atoms. The third-order valence-electron chi connectivity index (χ3n) is 4.00. The highest BCUT2D eigenvalue weighted by molar-refractivity contribution is 7.97. The summed E-state index contributed by atoms with van der Waals surface area (Å²) in [5, 5.41) is 12.4. The largest absolute Gasteiger partial charge is 0.869 e. The van der Waals surface area contributed by atoms with Crippen LogP contribution in [0.2, 0.25) is 0 Å². The Hall–Kier alpha value is -2.19. The summed E-state index contributed by atoms with van der Waals surface area (Å²) in [5.41, 5.74) is 1.43. The molecular formula is C22H22OS. The molecular weight excluding hydrogens is 312 g/mol. The molecule has 3 aromatic carbocycles. The first-order valence-corrected chi connectivity index (χ1v) is 9.35. The summed E-state index contributed by atoms with van der Waals surface area (Å²) >= 11 is 0. The average molecular weight is 334 g/mol. The van der Waals surface area contributed by atoms with Crippen LogP contribution in [0.25, 0.3) is 0 Å². The van der Waals surface area contributed by atoms with Gasteiger partial charge in [0.05, 0.1) is 10.9 Å². The van der Waals surface area contributed by atoms with Gasteiger partial charge in [-0.3, -0.25) is 0 Å². The van der Waals surface area contributed by atoms with Gasteiger partial charge in [-0.05, 0) is 41.3 Å². The Balaban J connectivity index is 2.11. The zero-order valence-corrected chi connectivity index (χ0v) is 15.1. The highest BCUT2D eigenvalue weighted by atomic mass is 32.2. The van der Waals surface area contributed by atoms with Gasteiger partial charge in [0.2, 0.25) is 0 Å². The minimum atomic E-state index is -0.374. The quantitative estimate of drug-likeness (QED) is 0.607. The molecule has 122 valence electrons. The summed E-state index contributed by atoms with van der Waals surface area (Å²) in [7, 11) is -0.374. The smallest absolute Gasteiger partial charge is 0.166 e. The molecule has 0 heterocycles. The van der Waals surface area contributed by atoms with E-state index in [0.29, 0.717) is 0 Å². The maximum atomic E-state index is 12.4. The maximum absolute atomic E-state index is 12.4. The molecule has 0 aliphatic rings. The fourth-order valence-electron chi connectivity index (χ4n) is 2.66. The normalized spacial score (nSPS) is 12.8. The second kappa shape index (κ2) is 6.74. The van der Waals surface area contributed by atoms with Crippen LogP contribution in [-0.2, 0) is 16.3 Å². The van der Waals surface area contributed by atoms with Gasteiger partial charge in [0.25, 0.3) is 0 Å². The predicted molar refractivity (Wildman–Crippen MR) is 99.6 cm³/mol. The first-order chi connectivity index (χ1) is 11.5. The molecule has 0 N–H and O–H groups in total. The zero-order chi connectivity index (χ0) is 17.2. The van der Waals surface area contributed by atoms with Crippen molar-refractivity contribution in [3.05, 3.63) is 84.4 Å². The highest BCUT2D eigenvalue weighted by Crippen LogP contribution is 2.35. The standard InChI is InChI=1S/C22H22OS/c1-22(2,3)17-13-15-19(16-14-17)24(18-9-5-4-6-10-18)21-12-8-7-11-20(21)23/h4-16H,1-3H3. The van der Waals surface area contributed by atoms with E-state index in [4.69, 9.17) is 0 Å². The summed E-state index contributed by atoms with van der Waals surface area (Å²) < 4.78 is 0. The van der Waals surface area contributed by atoms with Gasteiger partial charge in [-0.25, -0.2) is 0 Å². The molecule has 0 radical (unpaired) electrons. The lowest BCUT2D eigenvalue weighted by molar-refractivity contribution is -0.272. The lowest BCUT2D eigenvalue weighted by Crippen LogP contribution is -2.12. The van der Waals surface area contributed by atoms with Crippen molar-refractivity contribution in [3.63, 3.8) is 0 Å². The van der Waals surface area contributed by atoms with Crippen LogP contribution in [0.3, 0.4) is 0 Å². The van der Waals surface area contributed by atoms with Crippen LogP contribution in [0.5, 0.6) is 5.75 Å². The van der Waals surface area contributed by atoms with Gasteiger partial charge in [0.15, 0.2) is 14.7 Å². The number of hydrogen-bond donors (Lipinski definition) is 0. The van der Waals surface area contributed by atoms with Gasteiger partial charge in [-0.15, -0.1) is 0 Å². The van der Waals surface area contributed by atoms with Crippen LogP contribution in [0, 0.1) is 0 Å². The van der Waals surface area contributed by atoms with Crippen LogP contribution >= 0.6 is 0 Å². The molecule has 0 saturated carbocycles. The minimum absolute atomic E-state index is 0.101. The monoisotopic (exact) mass is 334 g/mol. The molecule has 0 bridgehead atoms. The van der Waals surface area contributed by atoms with E-state index in [2.05, 4.69) is 57.2 Å². The average Bonchev–Trinajstić information content (AvgIpc) is 2.58. The van der Waals surface area contributed by atoms with E-state index in [1.54, 1.807) is 12.1 Å². The zero-order valence-electron chi connectivity index (χ0n) is 14.3. The van der Waals surface area contributed by atoms with E-state index in [1.807, 2.05) is 30.3 Å². The Kier molecular flexibility index (Phi) is 4.68. The van der Waals surface area contributed by atoms with Crippen molar-refractivity contribution in [3.8, 4) is 5.75 Å². The maximum Gasteiger partial charge on any atom is 0.166 e. The van der Waals surface area contributed by atoms with E-state index in [9.17, 15) is 5.11 Å². The van der Waals surface area contributed by atoms with Gasteiger partial charge >= 0.3 is 0 Å². The van der Waals surface area contributed by atoms with Crippen molar-refractivity contribution in [2.75, 3.05) is 0 Å². The molecule has 0 aliphatic heterocycles. The summed E-state index contributed by atoms with van der Waals surface area (Å²) in [5.74, 6) is 0.101. The number of para-hydroxylation sites is 1. The molecule has 0 spiro atoms. The van der Waals surface area contributed by atoms with Crippen molar-refractivity contribution >= 4 is 10.9 Å². The second-order valence-electron chi connectivity index (χ2n) is 6.84. The Labute approximate surface area is 147 Å². The van der Waals surface area contributed by atoms with Crippen LogP contribution < -0.4 is 5.11 Å². The molecule has 0 amide bonds. The van der Waals surface area contributed by atoms with Crippen molar-refractivity contribution in [2.24, 2.45) is 0 Å². The molecule has 3 aromatic rings. The lowest BCUT2D eigenvalue weighted by Gasteiger charge is -2.19. The lowest BCUT2D eigenvalue weighted by atomic mass is 9.87. The molecule has 1 nitrogen and oxygen atoms in total. The van der Waals surface area contributed by atoms with E-state index in [0.717, 1.165) is 4.90 Å². The summed E-state index contributed by atoms with van der Waals surface area (Å²) in [6.45, 7) is 6.64. The Morgan fingerprint density at radius 2 is 1.21 bits per heavy atom. The molecule has 1 unspecified atom stereocenters. The Morgan fingerprint density at radius 3 is 1.79 bits per heavy atom. The van der Waals surface area contributed by atoms with Crippen molar-refractivity contribution in [1.29, 1.82) is 0 Å². The molecule has 0 aliphatic carbocycles. The van der Waals surface area contributed by atoms with E-state index < -0.39 is 0 Å². The van der Waals surface area contributed by atoms with Crippen molar-refractivity contribution in [2.45, 2.75) is 40.9 Å². The summed E-state index contributed by atoms with van der Waals surface area (Å²) in [6.07, 6.45) is 0. The van der Waals surface area contributed by atoms with Gasteiger partial charge < -0.3 is 5.11 Å². The summed E-state index contributed by atoms with van der Waals surface area (Å²) in [6, 6.07) is 26.4. The Morgan fingerprint density at radius 1 is 0.667 bits per heavy atom. The predicted octanol–water partition coefficient (Wildman–Crippen LogP) is 5.15. The van der Waals surface area contributed by atoms with Gasteiger partial charge in [-0.1, -0.05) is 75.1 Å². The van der Waals surface area contributed by atoms with Crippen molar-refractivity contribution < 1.29 is 5.11 Å². The van der Waals surface area contributed by atoms with Gasteiger partial charge in [0, 0.05) is 0 Å². The number of rotatable bonds is 3. The van der Waals surface area contributed by atoms with Crippen LogP contribution in [0.15, 0.2) is 93.5 Å². The fourth-order valence-corrected chi connectivity index (χ4v) is 4.76. The second-order valence-corrected chi connectivity index (χ2v) is 8.84. The number of hydrogen-bond acceptors (Lipinski definition) is 1.